The van der Waals surface area contributed by atoms with Gasteiger partial charge in [-0.2, -0.15) is 0 Å². The molecule has 0 atom stereocenters. The molecule has 0 radical (unpaired) electrons. The average Bonchev–Trinajstić information content (AvgIpc) is 2.74. The molecule has 0 saturated carbocycles. The van der Waals surface area contributed by atoms with Crippen molar-refractivity contribution >= 4 is 27.3 Å². The predicted octanol–water partition coefficient (Wildman–Crippen LogP) is 3.91. The summed E-state index contributed by atoms with van der Waals surface area (Å²) in [6.45, 7) is 0. The van der Waals surface area contributed by atoms with Crippen LogP contribution in [0.25, 0.3) is 0 Å². The van der Waals surface area contributed by atoms with Crippen molar-refractivity contribution in [1.82, 2.24) is 0 Å². The highest BCUT2D eigenvalue weighted by atomic mass is 32.2. The SMILES string of the molecule is COc1ccc(NC(=O)c2cccc(S(=O)(=O)N(C)c3ccccc3F)c2)cc1. The smallest absolute Gasteiger partial charge is 0.264 e. The third kappa shape index (κ3) is 4.38. The number of carbonyl (C=O) groups is 1. The Hall–Kier alpha value is -3.39. The van der Waals surface area contributed by atoms with Crippen molar-refractivity contribution in [3.8, 4) is 5.75 Å². The minimum Gasteiger partial charge on any atom is -0.497 e. The molecule has 8 heteroatoms. The topological polar surface area (TPSA) is 75.7 Å². The van der Waals surface area contributed by atoms with E-state index in [-0.39, 0.29) is 16.1 Å². The number of halogens is 1. The summed E-state index contributed by atoms with van der Waals surface area (Å²) in [4.78, 5) is 12.4. The summed E-state index contributed by atoms with van der Waals surface area (Å²) in [5.74, 6) is -0.486. The molecule has 0 aliphatic rings. The van der Waals surface area contributed by atoms with Crippen LogP contribution in [0.2, 0.25) is 0 Å². The first-order valence-corrected chi connectivity index (χ1v) is 10.1. The summed E-state index contributed by atoms with van der Waals surface area (Å²) in [7, 11) is -1.25. The van der Waals surface area contributed by atoms with Gasteiger partial charge in [0.05, 0.1) is 17.7 Å². The third-order valence-corrected chi connectivity index (χ3v) is 6.06. The lowest BCUT2D eigenvalue weighted by Crippen LogP contribution is -2.27. The maximum Gasteiger partial charge on any atom is 0.264 e. The molecule has 0 unspecified atom stereocenters. The number of carbonyl (C=O) groups excluding carboxylic acids is 1. The van der Waals surface area contributed by atoms with Crippen molar-refractivity contribution in [3.05, 3.63) is 84.2 Å². The number of nitrogens with zero attached hydrogens (tertiary/aromatic N) is 1. The second-order valence-corrected chi connectivity index (χ2v) is 8.10. The van der Waals surface area contributed by atoms with E-state index in [1.54, 1.807) is 30.3 Å². The van der Waals surface area contributed by atoms with E-state index < -0.39 is 21.7 Å². The number of amides is 1. The van der Waals surface area contributed by atoms with Crippen LogP contribution >= 0.6 is 0 Å². The van der Waals surface area contributed by atoms with E-state index in [1.165, 1.54) is 56.6 Å². The molecule has 0 spiro atoms. The molecule has 0 aliphatic heterocycles. The maximum absolute atomic E-state index is 14.0. The van der Waals surface area contributed by atoms with Gasteiger partial charge in [0.25, 0.3) is 15.9 Å². The standard InChI is InChI=1S/C21H19FN2O4S/c1-24(20-9-4-3-8-19(20)22)29(26,27)18-7-5-6-15(14-18)21(25)23-16-10-12-17(28-2)13-11-16/h3-14H,1-2H3,(H,23,25). The van der Waals surface area contributed by atoms with E-state index in [0.717, 1.165) is 4.31 Å². The Morgan fingerprint density at radius 2 is 1.69 bits per heavy atom. The van der Waals surface area contributed by atoms with Gasteiger partial charge < -0.3 is 10.1 Å². The molecule has 0 heterocycles. The largest absolute Gasteiger partial charge is 0.497 e. The van der Waals surface area contributed by atoms with Crippen LogP contribution < -0.4 is 14.4 Å². The molecule has 0 aliphatic carbocycles. The van der Waals surface area contributed by atoms with Gasteiger partial charge in [0.15, 0.2) is 0 Å². The minimum atomic E-state index is -4.06. The monoisotopic (exact) mass is 414 g/mol. The highest BCUT2D eigenvalue weighted by Gasteiger charge is 2.24. The number of hydrogen-bond acceptors (Lipinski definition) is 4. The van der Waals surface area contributed by atoms with Crippen molar-refractivity contribution in [2.75, 3.05) is 23.8 Å². The molecule has 29 heavy (non-hydrogen) atoms. The van der Waals surface area contributed by atoms with Crippen LogP contribution in [-0.4, -0.2) is 28.5 Å². The van der Waals surface area contributed by atoms with Crippen LogP contribution in [0.4, 0.5) is 15.8 Å². The number of anilines is 2. The number of hydrogen-bond donors (Lipinski definition) is 1. The fourth-order valence-electron chi connectivity index (χ4n) is 2.67. The van der Waals surface area contributed by atoms with Crippen LogP contribution in [0.15, 0.2) is 77.7 Å². The fourth-order valence-corrected chi connectivity index (χ4v) is 3.92. The third-order valence-electron chi connectivity index (χ3n) is 4.29. The molecular formula is C21H19FN2O4S. The minimum absolute atomic E-state index is 0.0828. The second-order valence-electron chi connectivity index (χ2n) is 6.13. The Morgan fingerprint density at radius 1 is 1.00 bits per heavy atom. The van der Waals surface area contributed by atoms with Crippen molar-refractivity contribution in [2.24, 2.45) is 0 Å². The van der Waals surface area contributed by atoms with Gasteiger partial charge in [0, 0.05) is 18.3 Å². The average molecular weight is 414 g/mol. The number of para-hydroxylation sites is 1. The van der Waals surface area contributed by atoms with E-state index in [2.05, 4.69) is 5.32 Å². The summed E-state index contributed by atoms with van der Waals surface area (Å²) in [5, 5.41) is 2.70. The summed E-state index contributed by atoms with van der Waals surface area (Å²) >= 11 is 0. The molecule has 3 aromatic carbocycles. The van der Waals surface area contributed by atoms with Crippen LogP contribution in [0.1, 0.15) is 10.4 Å². The second kappa shape index (κ2) is 8.32. The molecule has 3 aromatic rings. The number of methoxy groups -OCH3 is 1. The molecule has 0 bridgehead atoms. The number of benzene rings is 3. The zero-order valence-corrected chi connectivity index (χ0v) is 16.6. The van der Waals surface area contributed by atoms with Crippen LogP contribution in [0, 0.1) is 5.82 Å². The van der Waals surface area contributed by atoms with Crippen molar-refractivity contribution in [3.63, 3.8) is 0 Å². The molecule has 0 fully saturated rings. The first-order valence-electron chi connectivity index (χ1n) is 8.62. The van der Waals surface area contributed by atoms with Gasteiger partial charge in [-0.05, 0) is 54.6 Å². The first-order chi connectivity index (χ1) is 13.8. The Balaban J connectivity index is 1.86. The molecule has 150 valence electrons. The number of rotatable bonds is 6. The van der Waals surface area contributed by atoms with Gasteiger partial charge in [0.1, 0.15) is 11.6 Å². The van der Waals surface area contributed by atoms with Gasteiger partial charge in [-0.25, -0.2) is 12.8 Å². The number of nitrogens with one attached hydrogen (secondary N) is 1. The van der Waals surface area contributed by atoms with Crippen LogP contribution in [-0.2, 0) is 10.0 Å². The van der Waals surface area contributed by atoms with E-state index in [1.807, 2.05) is 0 Å². The Labute approximate surface area is 168 Å². The van der Waals surface area contributed by atoms with Crippen molar-refractivity contribution in [2.45, 2.75) is 4.90 Å². The molecule has 3 rings (SSSR count). The summed E-state index contributed by atoms with van der Waals surface area (Å²) < 4.78 is 45.7. The fraction of sp³-hybridized carbons (Fsp3) is 0.0952. The highest BCUT2D eigenvalue weighted by Crippen LogP contribution is 2.25. The van der Waals surface area contributed by atoms with Crippen LogP contribution in [0.3, 0.4) is 0 Å². The lowest BCUT2D eigenvalue weighted by atomic mass is 10.2. The predicted molar refractivity (Wildman–Crippen MR) is 109 cm³/mol. The van der Waals surface area contributed by atoms with Crippen LogP contribution in [0.5, 0.6) is 5.75 Å². The zero-order chi connectivity index (χ0) is 21.0. The quantitative estimate of drug-likeness (QED) is 0.664. The van der Waals surface area contributed by atoms with E-state index >= 15 is 0 Å². The van der Waals surface area contributed by atoms with E-state index in [0.29, 0.717) is 11.4 Å². The van der Waals surface area contributed by atoms with Gasteiger partial charge in [-0.15, -0.1) is 0 Å². The van der Waals surface area contributed by atoms with Crippen molar-refractivity contribution in [1.29, 1.82) is 0 Å². The molecule has 1 amide bonds. The Morgan fingerprint density at radius 3 is 2.34 bits per heavy atom. The highest BCUT2D eigenvalue weighted by molar-refractivity contribution is 7.92. The summed E-state index contributed by atoms with van der Waals surface area (Å²) in [6, 6.07) is 17.9. The lowest BCUT2D eigenvalue weighted by Gasteiger charge is -2.20. The van der Waals surface area contributed by atoms with Gasteiger partial charge in [0.2, 0.25) is 0 Å². The van der Waals surface area contributed by atoms with Gasteiger partial charge >= 0.3 is 0 Å². The molecule has 1 N–H and O–H groups in total. The molecular weight excluding hydrogens is 395 g/mol. The van der Waals surface area contributed by atoms with Crippen molar-refractivity contribution < 1.29 is 22.3 Å². The Bertz CT molecular complexity index is 1130. The van der Waals surface area contributed by atoms with E-state index in [4.69, 9.17) is 4.74 Å². The summed E-state index contributed by atoms with van der Waals surface area (Å²) in [5.41, 5.74) is 0.608. The molecule has 0 aromatic heterocycles. The number of sulfonamides is 1. The van der Waals surface area contributed by atoms with Gasteiger partial charge in [-0.1, -0.05) is 18.2 Å². The maximum atomic E-state index is 14.0. The molecule has 6 nitrogen and oxygen atoms in total. The zero-order valence-electron chi connectivity index (χ0n) is 15.8. The Kier molecular flexibility index (Phi) is 5.84. The summed E-state index contributed by atoms with van der Waals surface area (Å²) in [6.07, 6.45) is 0. The first kappa shape index (κ1) is 20.3. The molecule has 0 saturated heterocycles. The van der Waals surface area contributed by atoms with E-state index in [9.17, 15) is 17.6 Å². The number of ether oxygens (including phenoxy) is 1. The normalized spacial score (nSPS) is 11.0. The lowest BCUT2D eigenvalue weighted by molar-refractivity contribution is 0.102. The van der Waals surface area contributed by atoms with Gasteiger partial charge in [-0.3, -0.25) is 9.10 Å².